The minimum atomic E-state index is -0.516. The molecule has 1 heterocycles. The van der Waals surface area contributed by atoms with Crippen molar-refractivity contribution < 1.29 is 14.3 Å². The molecule has 116 valence electrons. The first kappa shape index (κ1) is 16.9. The largest absolute Gasteiger partial charge is 0.451 e. The number of halogens is 1. The molecule has 1 aromatic heterocycles. The van der Waals surface area contributed by atoms with Gasteiger partial charge in [-0.1, -0.05) is 0 Å². The van der Waals surface area contributed by atoms with Crippen LogP contribution in [-0.2, 0) is 9.53 Å². The zero-order valence-corrected chi connectivity index (χ0v) is 15.4. The summed E-state index contributed by atoms with van der Waals surface area (Å²) in [7, 11) is 0. The monoisotopic (exact) mass is 430 g/mol. The van der Waals surface area contributed by atoms with Crippen LogP contribution in [-0.4, -0.2) is 23.5 Å². The Morgan fingerprint density at radius 3 is 2.64 bits per heavy atom. The molecule has 5 nitrogen and oxygen atoms in total. The lowest BCUT2D eigenvalue weighted by Gasteiger charge is -2.09. The first-order valence-electron chi connectivity index (χ1n) is 6.54. The van der Waals surface area contributed by atoms with E-state index < -0.39 is 5.97 Å². The molecule has 0 aliphatic heterocycles. The maximum atomic E-state index is 11.9. The normalized spacial score (nSPS) is 10.4. The molecule has 0 aliphatic carbocycles. The van der Waals surface area contributed by atoms with Gasteiger partial charge in [0.2, 0.25) is 0 Å². The van der Waals surface area contributed by atoms with Gasteiger partial charge in [-0.25, -0.2) is 9.78 Å². The number of aryl methyl sites for hydroxylation is 3. The highest BCUT2D eigenvalue weighted by atomic mass is 127. The summed E-state index contributed by atoms with van der Waals surface area (Å²) in [5.41, 5.74) is 2.30. The minimum absolute atomic E-state index is 0.319. The highest BCUT2D eigenvalue weighted by Gasteiger charge is 2.16. The van der Waals surface area contributed by atoms with Gasteiger partial charge < -0.3 is 10.1 Å². The van der Waals surface area contributed by atoms with E-state index in [1.54, 1.807) is 6.92 Å². The van der Waals surface area contributed by atoms with Gasteiger partial charge in [0, 0.05) is 9.26 Å². The summed E-state index contributed by atoms with van der Waals surface area (Å²) < 4.78 is 6.13. The topological polar surface area (TPSA) is 68.3 Å². The van der Waals surface area contributed by atoms with Crippen LogP contribution in [0.5, 0.6) is 0 Å². The molecule has 2 aromatic rings. The number of esters is 1. The Kier molecular flexibility index (Phi) is 5.52. The second-order valence-electron chi connectivity index (χ2n) is 4.73. The Hall–Kier alpha value is -1.48. The molecule has 2 rings (SSSR count). The number of nitrogens with zero attached hydrogens (tertiary/aromatic N) is 1. The Morgan fingerprint density at radius 1 is 1.32 bits per heavy atom. The Morgan fingerprint density at radius 2 is 2.05 bits per heavy atom. The van der Waals surface area contributed by atoms with Crippen LogP contribution in [0, 0.1) is 24.3 Å². The highest BCUT2D eigenvalue weighted by molar-refractivity contribution is 14.1. The van der Waals surface area contributed by atoms with Gasteiger partial charge in [-0.05, 0) is 67.1 Å². The maximum Gasteiger partial charge on any atom is 0.350 e. The molecule has 0 aliphatic rings. The van der Waals surface area contributed by atoms with E-state index >= 15 is 0 Å². The summed E-state index contributed by atoms with van der Waals surface area (Å²) in [5.74, 6) is -0.880. The Bertz CT molecular complexity index is 728. The quantitative estimate of drug-likeness (QED) is 0.596. The molecule has 0 radical (unpaired) electrons. The van der Waals surface area contributed by atoms with Gasteiger partial charge >= 0.3 is 5.97 Å². The van der Waals surface area contributed by atoms with E-state index in [1.165, 1.54) is 11.3 Å². The number of carbonyl (C=O) groups is 2. The second-order valence-corrected chi connectivity index (χ2v) is 7.18. The van der Waals surface area contributed by atoms with Crippen LogP contribution in [0.1, 0.15) is 25.9 Å². The number of anilines is 1. The van der Waals surface area contributed by atoms with Gasteiger partial charge in [0.25, 0.3) is 5.91 Å². The van der Waals surface area contributed by atoms with Crippen LogP contribution < -0.4 is 5.32 Å². The zero-order chi connectivity index (χ0) is 16.3. The van der Waals surface area contributed by atoms with Gasteiger partial charge in [-0.15, -0.1) is 11.3 Å². The third-order valence-electron chi connectivity index (χ3n) is 2.89. The van der Waals surface area contributed by atoms with Crippen molar-refractivity contribution in [2.45, 2.75) is 20.8 Å². The SMILES string of the molecule is Cc1nc(C)c(C(=O)OCC(=O)Nc2ccc(I)cc2C)s1. The summed E-state index contributed by atoms with van der Waals surface area (Å²) in [5, 5.41) is 3.53. The number of hydrogen-bond donors (Lipinski definition) is 1. The molecule has 0 saturated carbocycles. The lowest BCUT2D eigenvalue weighted by molar-refractivity contribution is -0.119. The molecule has 0 bridgehead atoms. The van der Waals surface area contributed by atoms with Crippen molar-refractivity contribution in [1.29, 1.82) is 0 Å². The predicted octanol–water partition coefficient (Wildman–Crippen LogP) is 3.47. The van der Waals surface area contributed by atoms with E-state index in [0.29, 0.717) is 16.3 Å². The first-order chi connectivity index (χ1) is 10.4. The van der Waals surface area contributed by atoms with E-state index in [-0.39, 0.29) is 12.5 Å². The van der Waals surface area contributed by atoms with E-state index in [4.69, 9.17) is 4.74 Å². The van der Waals surface area contributed by atoms with Crippen molar-refractivity contribution in [3.05, 3.63) is 42.9 Å². The van der Waals surface area contributed by atoms with Crippen molar-refractivity contribution in [3.63, 3.8) is 0 Å². The number of nitrogens with one attached hydrogen (secondary N) is 1. The van der Waals surface area contributed by atoms with Gasteiger partial charge in [-0.2, -0.15) is 0 Å². The van der Waals surface area contributed by atoms with E-state index in [1.807, 2.05) is 32.0 Å². The third kappa shape index (κ3) is 4.26. The molecule has 0 unspecified atom stereocenters. The Balaban J connectivity index is 1.92. The number of amides is 1. The van der Waals surface area contributed by atoms with Gasteiger partial charge in [-0.3, -0.25) is 4.79 Å². The van der Waals surface area contributed by atoms with Crippen molar-refractivity contribution in [1.82, 2.24) is 4.98 Å². The average molecular weight is 430 g/mol. The Labute approximate surface area is 146 Å². The maximum absolute atomic E-state index is 11.9. The molecule has 7 heteroatoms. The van der Waals surface area contributed by atoms with E-state index in [0.717, 1.165) is 14.1 Å². The zero-order valence-electron chi connectivity index (χ0n) is 12.4. The first-order valence-corrected chi connectivity index (χ1v) is 8.43. The summed E-state index contributed by atoms with van der Waals surface area (Å²) in [6, 6.07) is 5.69. The number of thiazole rings is 1. The number of benzene rings is 1. The predicted molar refractivity (Wildman–Crippen MR) is 94.4 cm³/mol. The van der Waals surface area contributed by atoms with Crippen molar-refractivity contribution in [2.75, 3.05) is 11.9 Å². The van der Waals surface area contributed by atoms with Gasteiger partial charge in [0.05, 0.1) is 10.7 Å². The number of hydrogen-bond acceptors (Lipinski definition) is 5. The standard InChI is InChI=1S/C15H15IN2O3S/c1-8-6-11(16)4-5-12(8)18-13(19)7-21-15(20)14-9(2)17-10(3)22-14/h4-6H,7H2,1-3H3,(H,18,19). The lowest BCUT2D eigenvalue weighted by atomic mass is 10.2. The lowest BCUT2D eigenvalue weighted by Crippen LogP contribution is -2.21. The van der Waals surface area contributed by atoms with Crippen LogP contribution in [0.3, 0.4) is 0 Å². The fourth-order valence-electron chi connectivity index (χ4n) is 1.87. The molecular weight excluding hydrogens is 415 g/mol. The third-order valence-corrected chi connectivity index (χ3v) is 4.61. The van der Waals surface area contributed by atoms with Crippen molar-refractivity contribution >= 4 is 51.5 Å². The van der Waals surface area contributed by atoms with Gasteiger partial charge in [0.1, 0.15) is 4.88 Å². The van der Waals surface area contributed by atoms with Crippen LogP contribution in [0.25, 0.3) is 0 Å². The number of rotatable bonds is 4. The molecular formula is C15H15IN2O3S. The van der Waals surface area contributed by atoms with E-state index in [9.17, 15) is 9.59 Å². The van der Waals surface area contributed by atoms with Crippen LogP contribution in [0.4, 0.5) is 5.69 Å². The molecule has 1 N–H and O–H groups in total. The molecule has 0 fully saturated rings. The number of ether oxygens (including phenoxy) is 1. The number of aromatic nitrogens is 1. The summed E-state index contributed by atoms with van der Waals surface area (Å²) in [6.07, 6.45) is 0. The van der Waals surface area contributed by atoms with Crippen molar-refractivity contribution in [3.8, 4) is 0 Å². The highest BCUT2D eigenvalue weighted by Crippen LogP contribution is 2.19. The smallest absolute Gasteiger partial charge is 0.350 e. The van der Waals surface area contributed by atoms with Gasteiger partial charge in [0.15, 0.2) is 6.61 Å². The molecule has 0 atom stereocenters. The fourth-order valence-corrected chi connectivity index (χ4v) is 3.33. The van der Waals surface area contributed by atoms with Crippen LogP contribution in [0.15, 0.2) is 18.2 Å². The van der Waals surface area contributed by atoms with E-state index in [2.05, 4.69) is 32.9 Å². The average Bonchev–Trinajstić information content (AvgIpc) is 2.78. The summed E-state index contributed by atoms with van der Waals surface area (Å²) in [6.45, 7) is 5.16. The molecule has 0 spiro atoms. The van der Waals surface area contributed by atoms with Crippen LogP contribution >= 0.6 is 33.9 Å². The van der Waals surface area contributed by atoms with Crippen molar-refractivity contribution in [2.24, 2.45) is 0 Å². The molecule has 1 aromatic carbocycles. The summed E-state index contributed by atoms with van der Waals surface area (Å²) in [4.78, 5) is 28.4. The van der Waals surface area contributed by atoms with Crippen LogP contribution in [0.2, 0.25) is 0 Å². The fraction of sp³-hybridized carbons (Fsp3) is 0.267. The molecule has 0 saturated heterocycles. The molecule has 22 heavy (non-hydrogen) atoms. The number of carbonyl (C=O) groups excluding carboxylic acids is 2. The molecule has 1 amide bonds. The summed E-state index contributed by atoms with van der Waals surface area (Å²) >= 11 is 3.47. The minimum Gasteiger partial charge on any atom is -0.451 e. The second kappa shape index (κ2) is 7.19.